The average Bonchev–Trinajstić information content (AvgIpc) is 2.35. The molecule has 1 aromatic carbocycles. The Labute approximate surface area is 112 Å². The summed E-state index contributed by atoms with van der Waals surface area (Å²) in [5.74, 6) is -0.0890. The molecule has 0 aromatic heterocycles. The van der Waals surface area contributed by atoms with Crippen molar-refractivity contribution in [1.29, 1.82) is 0 Å². The zero-order valence-electron chi connectivity index (χ0n) is 10.4. The molecule has 1 aromatic rings. The van der Waals surface area contributed by atoms with Crippen molar-refractivity contribution in [2.45, 2.75) is 24.1 Å². The zero-order chi connectivity index (χ0) is 14.5. The molecule has 7 heteroatoms. The van der Waals surface area contributed by atoms with Crippen LogP contribution < -0.4 is 5.32 Å². The van der Waals surface area contributed by atoms with Crippen LogP contribution >= 0.6 is 0 Å². The van der Waals surface area contributed by atoms with E-state index in [-0.39, 0.29) is 17.2 Å². The summed E-state index contributed by atoms with van der Waals surface area (Å²) in [6.07, 6.45) is -5.31. The van der Waals surface area contributed by atoms with Gasteiger partial charge in [0.25, 0.3) is 0 Å². The largest absolute Gasteiger partial charge is 0.416 e. The summed E-state index contributed by atoms with van der Waals surface area (Å²) >= 11 is 0. The number of alkyl halides is 3. The van der Waals surface area contributed by atoms with Crippen molar-refractivity contribution in [2.75, 3.05) is 18.8 Å². The SMILES string of the molecule is CCNCC(O)CS(=O)c1cccc(C(F)(F)F)c1. The molecule has 0 fully saturated rings. The first-order chi connectivity index (χ1) is 8.84. The second-order valence-corrected chi connectivity index (χ2v) is 5.50. The molecule has 0 aliphatic carbocycles. The molecule has 3 nitrogen and oxygen atoms in total. The molecular weight excluding hydrogens is 279 g/mol. The first-order valence-corrected chi connectivity index (χ1v) is 7.11. The molecule has 0 aliphatic rings. The molecule has 0 spiro atoms. The van der Waals surface area contributed by atoms with E-state index in [1.165, 1.54) is 12.1 Å². The van der Waals surface area contributed by atoms with E-state index in [1.807, 2.05) is 6.92 Å². The minimum Gasteiger partial charge on any atom is -0.391 e. The number of likely N-dealkylation sites (N-methyl/N-ethyl adjacent to an activating group) is 1. The van der Waals surface area contributed by atoms with Crippen molar-refractivity contribution < 1.29 is 22.5 Å². The number of hydrogen-bond donors (Lipinski definition) is 2. The monoisotopic (exact) mass is 295 g/mol. The predicted molar refractivity (Wildman–Crippen MR) is 67.3 cm³/mol. The van der Waals surface area contributed by atoms with Crippen LogP contribution in [0.3, 0.4) is 0 Å². The Hall–Kier alpha value is -0.920. The fraction of sp³-hybridized carbons (Fsp3) is 0.500. The molecule has 1 rings (SSSR count). The maximum atomic E-state index is 12.5. The van der Waals surface area contributed by atoms with Crippen molar-refractivity contribution in [2.24, 2.45) is 0 Å². The molecule has 2 unspecified atom stereocenters. The molecule has 2 atom stereocenters. The highest BCUT2D eigenvalue weighted by Gasteiger charge is 2.30. The lowest BCUT2D eigenvalue weighted by atomic mass is 10.2. The highest BCUT2D eigenvalue weighted by Crippen LogP contribution is 2.30. The van der Waals surface area contributed by atoms with Crippen LogP contribution in [-0.4, -0.2) is 34.3 Å². The Morgan fingerprint density at radius 3 is 2.68 bits per heavy atom. The van der Waals surface area contributed by atoms with Gasteiger partial charge in [0.1, 0.15) is 0 Å². The van der Waals surface area contributed by atoms with Gasteiger partial charge in [0.2, 0.25) is 0 Å². The summed E-state index contributed by atoms with van der Waals surface area (Å²) in [5, 5.41) is 12.4. The topological polar surface area (TPSA) is 49.3 Å². The van der Waals surface area contributed by atoms with E-state index in [9.17, 15) is 22.5 Å². The van der Waals surface area contributed by atoms with Crippen LogP contribution in [0.2, 0.25) is 0 Å². The Kier molecular flexibility index (Phi) is 5.96. The van der Waals surface area contributed by atoms with Gasteiger partial charge in [-0.05, 0) is 24.7 Å². The second kappa shape index (κ2) is 7.02. The van der Waals surface area contributed by atoms with Gasteiger partial charge in [-0.2, -0.15) is 13.2 Å². The van der Waals surface area contributed by atoms with Gasteiger partial charge in [0.15, 0.2) is 0 Å². The third kappa shape index (κ3) is 5.30. The van der Waals surface area contributed by atoms with Crippen molar-refractivity contribution in [3.63, 3.8) is 0 Å². The van der Waals surface area contributed by atoms with Crippen LogP contribution in [0.25, 0.3) is 0 Å². The van der Waals surface area contributed by atoms with Gasteiger partial charge in [0.05, 0.1) is 28.2 Å². The van der Waals surface area contributed by atoms with E-state index in [0.29, 0.717) is 6.54 Å². The maximum Gasteiger partial charge on any atom is 0.416 e. The van der Waals surface area contributed by atoms with Gasteiger partial charge in [-0.3, -0.25) is 4.21 Å². The van der Waals surface area contributed by atoms with E-state index in [0.717, 1.165) is 12.1 Å². The molecule has 0 aliphatic heterocycles. The molecule has 19 heavy (non-hydrogen) atoms. The van der Waals surface area contributed by atoms with Gasteiger partial charge < -0.3 is 10.4 Å². The molecule has 0 heterocycles. The van der Waals surface area contributed by atoms with E-state index < -0.39 is 28.6 Å². The van der Waals surface area contributed by atoms with Crippen LogP contribution in [0.1, 0.15) is 12.5 Å². The fourth-order valence-electron chi connectivity index (χ4n) is 1.45. The summed E-state index contributed by atoms with van der Waals surface area (Å²) in [5.41, 5.74) is -0.834. The first-order valence-electron chi connectivity index (χ1n) is 5.79. The maximum absolute atomic E-state index is 12.5. The summed E-state index contributed by atoms with van der Waals surface area (Å²) in [4.78, 5) is 0.0744. The minimum atomic E-state index is -4.46. The average molecular weight is 295 g/mol. The summed E-state index contributed by atoms with van der Waals surface area (Å²) in [7, 11) is -1.65. The van der Waals surface area contributed by atoms with Crippen LogP contribution in [0, 0.1) is 0 Å². The van der Waals surface area contributed by atoms with Gasteiger partial charge in [-0.25, -0.2) is 0 Å². The van der Waals surface area contributed by atoms with Crippen LogP contribution in [0.15, 0.2) is 29.2 Å². The lowest BCUT2D eigenvalue weighted by Gasteiger charge is -2.12. The smallest absolute Gasteiger partial charge is 0.391 e. The minimum absolute atomic E-state index is 0.0744. The van der Waals surface area contributed by atoms with Crippen LogP contribution in [0.5, 0.6) is 0 Å². The molecule has 2 N–H and O–H groups in total. The van der Waals surface area contributed by atoms with Crippen molar-refractivity contribution in [3.05, 3.63) is 29.8 Å². The van der Waals surface area contributed by atoms with Gasteiger partial charge >= 0.3 is 6.18 Å². The highest BCUT2D eigenvalue weighted by atomic mass is 32.2. The van der Waals surface area contributed by atoms with Gasteiger partial charge in [-0.1, -0.05) is 13.0 Å². The van der Waals surface area contributed by atoms with E-state index >= 15 is 0 Å². The molecule has 0 saturated heterocycles. The summed E-state index contributed by atoms with van der Waals surface area (Å²) in [6.45, 7) is 2.78. The number of hydrogen-bond acceptors (Lipinski definition) is 3. The quantitative estimate of drug-likeness (QED) is 0.841. The normalized spacial score (nSPS) is 15.2. The number of nitrogens with one attached hydrogen (secondary N) is 1. The van der Waals surface area contributed by atoms with E-state index in [2.05, 4.69) is 5.32 Å². The standard InChI is InChI=1S/C12H16F3NO2S/c1-2-16-7-10(17)8-19(18)11-5-3-4-9(6-11)12(13,14)15/h3-6,10,16-17H,2,7-8H2,1H3. The highest BCUT2D eigenvalue weighted by molar-refractivity contribution is 7.85. The van der Waals surface area contributed by atoms with Crippen LogP contribution in [0.4, 0.5) is 13.2 Å². The molecule has 0 amide bonds. The Morgan fingerprint density at radius 1 is 1.42 bits per heavy atom. The fourth-order valence-corrected chi connectivity index (χ4v) is 2.60. The number of halogens is 3. The molecular formula is C12H16F3NO2S. The Balaban J connectivity index is 2.72. The second-order valence-electron chi connectivity index (χ2n) is 4.00. The van der Waals surface area contributed by atoms with Crippen LogP contribution in [-0.2, 0) is 17.0 Å². The number of benzene rings is 1. The number of aliphatic hydroxyl groups excluding tert-OH is 1. The number of rotatable bonds is 6. The lowest BCUT2D eigenvalue weighted by molar-refractivity contribution is -0.137. The Morgan fingerprint density at radius 2 is 2.11 bits per heavy atom. The summed E-state index contributed by atoms with van der Waals surface area (Å²) < 4.78 is 49.4. The van der Waals surface area contributed by atoms with Crippen molar-refractivity contribution >= 4 is 10.8 Å². The molecule has 0 bridgehead atoms. The summed E-state index contributed by atoms with van der Waals surface area (Å²) in [6, 6.07) is 4.36. The molecule has 108 valence electrons. The Bertz CT molecular complexity index is 437. The van der Waals surface area contributed by atoms with Gasteiger partial charge in [0, 0.05) is 11.4 Å². The van der Waals surface area contributed by atoms with Crippen molar-refractivity contribution in [3.8, 4) is 0 Å². The third-order valence-corrected chi connectivity index (χ3v) is 3.87. The van der Waals surface area contributed by atoms with Gasteiger partial charge in [-0.15, -0.1) is 0 Å². The third-order valence-electron chi connectivity index (χ3n) is 2.40. The lowest BCUT2D eigenvalue weighted by Crippen LogP contribution is -2.30. The predicted octanol–water partition coefficient (Wildman–Crippen LogP) is 1.78. The molecule has 0 radical (unpaired) electrons. The zero-order valence-corrected chi connectivity index (χ0v) is 11.2. The van der Waals surface area contributed by atoms with Crippen molar-refractivity contribution in [1.82, 2.24) is 5.32 Å². The molecule has 0 saturated carbocycles. The van der Waals surface area contributed by atoms with E-state index in [1.54, 1.807) is 0 Å². The van der Waals surface area contributed by atoms with E-state index in [4.69, 9.17) is 0 Å². The first kappa shape index (κ1) is 16.1. The number of aliphatic hydroxyl groups is 1.